The van der Waals surface area contributed by atoms with Gasteiger partial charge in [0.25, 0.3) is 0 Å². The van der Waals surface area contributed by atoms with E-state index in [0.717, 1.165) is 11.5 Å². The molecule has 0 aliphatic heterocycles. The second-order valence-corrected chi connectivity index (χ2v) is 34.3. The summed E-state index contributed by atoms with van der Waals surface area (Å²) in [6.45, 7) is 5.18. The Balaban J connectivity index is 0.00000229. The van der Waals surface area contributed by atoms with Gasteiger partial charge in [0.05, 0.1) is 0 Å². The van der Waals surface area contributed by atoms with Crippen molar-refractivity contribution in [3.05, 3.63) is 216 Å². The molecule has 6 heteroatoms. The zero-order valence-electron chi connectivity index (χ0n) is 34.3. The summed E-state index contributed by atoms with van der Waals surface area (Å²) >= 11 is -2.72. The van der Waals surface area contributed by atoms with Crippen molar-refractivity contribution < 1.29 is 29.2 Å². The maximum atomic E-state index is 6.39. The van der Waals surface area contributed by atoms with Gasteiger partial charge in [-0.1, -0.05) is 0 Å². The van der Waals surface area contributed by atoms with Crippen molar-refractivity contribution in [3.8, 4) is 22.3 Å². The van der Waals surface area contributed by atoms with Gasteiger partial charge in [0.1, 0.15) is 0 Å². The number of allylic oxidation sites excluding steroid dienone is 2. The van der Waals surface area contributed by atoms with Crippen LogP contribution in [0.3, 0.4) is 0 Å². The van der Waals surface area contributed by atoms with Crippen molar-refractivity contribution >= 4 is 96.6 Å². The van der Waals surface area contributed by atoms with Crippen molar-refractivity contribution in [2.24, 2.45) is 0 Å². The molecule has 62 heavy (non-hydrogen) atoms. The van der Waals surface area contributed by atoms with Crippen molar-refractivity contribution in [3.63, 3.8) is 0 Å². The molecule has 8 aromatic carbocycles. The summed E-state index contributed by atoms with van der Waals surface area (Å²) in [7, 11) is 0. The van der Waals surface area contributed by atoms with E-state index in [-0.39, 0.29) is 24.8 Å². The second-order valence-electron chi connectivity index (χ2n) is 16.5. The molecule has 0 radical (unpaired) electrons. The second kappa shape index (κ2) is 16.3. The summed E-state index contributed by atoms with van der Waals surface area (Å²) in [5.41, 5.74) is 12.6. The third kappa shape index (κ3) is 6.37. The minimum absolute atomic E-state index is 0. The van der Waals surface area contributed by atoms with Gasteiger partial charge in [-0.15, -0.1) is 24.8 Å². The smallest absolute Gasteiger partial charge is 0.147 e. The van der Waals surface area contributed by atoms with E-state index >= 15 is 0 Å². The van der Waals surface area contributed by atoms with Gasteiger partial charge in [-0.05, 0) is 0 Å². The summed E-state index contributed by atoms with van der Waals surface area (Å²) in [5, 5.41) is 10.3. The first-order valence-corrected chi connectivity index (χ1v) is 29.9. The van der Waals surface area contributed by atoms with E-state index in [1.807, 2.05) is 12.5 Å². The Kier molecular flexibility index (Phi) is 10.7. The molecule has 2 unspecified atom stereocenters. The van der Waals surface area contributed by atoms with E-state index in [9.17, 15) is 0 Å². The average Bonchev–Trinajstić information content (AvgIpc) is 4.14. The molecule has 0 saturated carbocycles. The predicted molar refractivity (Wildman–Crippen MR) is 264 cm³/mol. The van der Waals surface area contributed by atoms with Crippen LogP contribution in [0.25, 0.3) is 88.6 Å². The van der Waals surface area contributed by atoms with Crippen LogP contribution in [0.4, 0.5) is 0 Å². The number of halogens is 2. The standard InChI is InChI=1S/2C27H17O.C2H6Si.2ClH.Zr/c2*1-2-8-21-18(6-1)13-14-25-22(21)10-4-11-23(25)24-9-3-7-19-16-20(17-26(19)24)27-12-5-15-28-27;1-3-2;;;/h2*1-17H;1-2H3;2*1H;. The van der Waals surface area contributed by atoms with Crippen molar-refractivity contribution in [2.75, 3.05) is 0 Å². The molecule has 0 amide bonds. The Morgan fingerprint density at radius 3 is 1.24 bits per heavy atom. The van der Waals surface area contributed by atoms with Gasteiger partial charge in [0, 0.05) is 0 Å². The van der Waals surface area contributed by atoms with Gasteiger partial charge in [0.2, 0.25) is 0 Å². The van der Waals surface area contributed by atoms with Crippen LogP contribution >= 0.6 is 24.8 Å². The third-order valence-corrected chi connectivity index (χ3v) is 32.3. The summed E-state index contributed by atoms with van der Waals surface area (Å²) < 4.78 is 13.4. The Labute approximate surface area is 381 Å². The fraction of sp³-hybridized carbons (Fsp3) is 0.0714. The molecule has 2 aliphatic rings. The van der Waals surface area contributed by atoms with Crippen molar-refractivity contribution in [1.82, 2.24) is 0 Å². The molecule has 0 N–H and O–H groups in total. The van der Waals surface area contributed by atoms with Gasteiger partial charge in [-0.2, -0.15) is 0 Å². The van der Waals surface area contributed by atoms with E-state index in [1.54, 1.807) is 0 Å². The van der Waals surface area contributed by atoms with Crippen LogP contribution in [0, 0.1) is 0 Å². The van der Waals surface area contributed by atoms with E-state index in [4.69, 9.17) is 8.83 Å². The molecule has 2 nitrogen and oxygen atoms in total. The van der Waals surface area contributed by atoms with Crippen LogP contribution in [0.15, 0.2) is 191 Å². The summed E-state index contributed by atoms with van der Waals surface area (Å²) in [6.07, 6.45) is 8.70. The van der Waals surface area contributed by atoms with Gasteiger partial charge < -0.3 is 0 Å². The number of furan rings is 2. The Morgan fingerprint density at radius 1 is 0.387 bits per heavy atom. The van der Waals surface area contributed by atoms with Crippen LogP contribution in [-0.4, -0.2) is 5.43 Å². The normalized spacial score (nSPS) is 15.2. The molecule has 2 atom stereocenters. The maximum absolute atomic E-state index is 6.39. The number of hydrogen-bond donors (Lipinski definition) is 0. The quantitative estimate of drug-likeness (QED) is 0.123. The maximum Gasteiger partial charge on any atom is -0.147 e. The topological polar surface area (TPSA) is 26.3 Å². The Hall–Kier alpha value is -5.48. The van der Waals surface area contributed by atoms with Gasteiger partial charge in [0.15, 0.2) is 0 Å². The molecule has 0 bridgehead atoms. The number of hydrogen-bond acceptors (Lipinski definition) is 2. The zero-order valence-corrected chi connectivity index (χ0v) is 39.4. The summed E-state index contributed by atoms with van der Waals surface area (Å²) in [5.74, 6) is 1.98. The first-order valence-electron chi connectivity index (χ1n) is 20.9. The monoisotopic (exact) mass is 934 g/mol. The molecular weight excluding hydrogens is 895 g/mol. The van der Waals surface area contributed by atoms with Crippen LogP contribution < -0.4 is 0 Å². The molecule has 2 aromatic heterocycles. The van der Waals surface area contributed by atoms with E-state index in [0.29, 0.717) is 7.25 Å². The fourth-order valence-corrected chi connectivity index (χ4v) is 30.4. The molecule has 0 saturated heterocycles. The Morgan fingerprint density at radius 2 is 0.806 bits per heavy atom. The molecule has 0 spiro atoms. The zero-order chi connectivity index (χ0) is 39.9. The van der Waals surface area contributed by atoms with Gasteiger partial charge >= 0.3 is 360 Å². The SMILES string of the molecule is C[Si](C)=[Zr]([CH]1C(c2ccco2)=Cc2c(-c3cccc4c3ccc3ccccc34)cccc21)[CH]1C(c2ccco2)=Cc2c(-c3cccc4c3ccc3ccccc34)cccc21.Cl.Cl. The minimum Gasteiger partial charge on any atom is -0.147 e. The molecule has 0 fully saturated rings. The molecular formula is C56H42Cl2O2SiZr. The van der Waals surface area contributed by atoms with Crippen molar-refractivity contribution in [2.45, 2.75) is 20.3 Å². The van der Waals surface area contributed by atoms with Crippen LogP contribution in [0.5, 0.6) is 0 Å². The van der Waals surface area contributed by atoms with Gasteiger partial charge in [-0.25, -0.2) is 0 Å². The van der Waals surface area contributed by atoms with Crippen LogP contribution in [0.2, 0.25) is 13.1 Å². The third-order valence-electron chi connectivity index (χ3n) is 13.1. The molecule has 300 valence electrons. The largest absolute Gasteiger partial charge is 0.147 e. The number of fused-ring (bicyclic) bond motifs is 8. The Bertz CT molecular complexity index is 3240. The van der Waals surface area contributed by atoms with E-state index in [2.05, 4.69) is 195 Å². The first-order chi connectivity index (χ1) is 29.6. The van der Waals surface area contributed by atoms with Crippen molar-refractivity contribution in [1.29, 1.82) is 0 Å². The minimum atomic E-state index is -2.72. The number of benzene rings is 8. The molecule has 2 heterocycles. The molecule has 10 aromatic rings. The average molecular weight is 937 g/mol. The number of rotatable bonds is 6. The summed E-state index contributed by atoms with van der Waals surface area (Å²) in [6, 6.07) is 63.0. The van der Waals surface area contributed by atoms with Gasteiger partial charge in [-0.3, -0.25) is 0 Å². The first kappa shape index (κ1) is 40.6. The van der Waals surface area contributed by atoms with E-state index in [1.165, 1.54) is 98.7 Å². The van der Waals surface area contributed by atoms with Crippen LogP contribution in [-0.2, 0) is 20.4 Å². The molecule has 2 aliphatic carbocycles. The molecule has 12 rings (SSSR count). The predicted octanol–water partition coefficient (Wildman–Crippen LogP) is 16.4. The fourth-order valence-electron chi connectivity index (χ4n) is 10.6. The van der Waals surface area contributed by atoms with E-state index < -0.39 is 25.8 Å². The van der Waals surface area contributed by atoms with Crippen LogP contribution in [0.1, 0.15) is 41.0 Å². The summed E-state index contributed by atoms with van der Waals surface area (Å²) in [4.78, 5) is 0.